The van der Waals surface area contributed by atoms with Crippen molar-refractivity contribution in [1.29, 1.82) is 0 Å². The lowest BCUT2D eigenvalue weighted by Gasteiger charge is -2.36. The normalized spacial score (nSPS) is 42.5. The predicted octanol–water partition coefficient (Wildman–Crippen LogP) is 3.01. The summed E-state index contributed by atoms with van der Waals surface area (Å²) in [5.41, 5.74) is 0. The van der Waals surface area contributed by atoms with Crippen LogP contribution in [0.25, 0.3) is 0 Å². The van der Waals surface area contributed by atoms with Crippen molar-refractivity contribution in [2.45, 2.75) is 56.9 Å². The number of hydrogen-bond donors (Lipinski definition) is 1. The molecule has 1 saturated carbocycles. The standard InChI is InChI=1S/C11H21NS/c1-9-8-13-11(2,12-9)10-6-4-3-5-7-10/h9-10,12H,3-8H2,1-2H3. The molecule has 0 aromatic rings. The van der Waals surface area contributed by atoms with Gasteiger partial charge in [-0.25, -0.2) is 0 Å². The zero-order valence-corrected chi connectivity index (χ0v) is 9.62. The van der Waals surface area contributed by atoms with Crippen molar-refractivity contribution in [1.82, 2.24) is 5.32 Å². The van der Waals surface area contributed by atoms with E-state index in [9.17, 15) is 0 Å². The lowest BCUT2D eigenvalue weighted by Crippen LogP contribution is -2.44. The first-order valence-electron chi connectivity index (χ1n) is 5.62. The summed E-state index contributed by atoms with van der Waals surface area (Å²) in [5, 5.41) is 3.76. The molecule has 13 heavy (non-hydrogen) atoms. The maximum Gasteiger partial charge on any atom is 0.0648 e. The summed E-state index contributed by atoms with van der Waals surface area (Å²) in [4.78, 5) is 0.403. The van der Waals surface area contributed by atoms with Gasteiger partial charge < -0.3 is 0 Å². The monoisotopic (exact) mass is 199 g/mol. The second-order valence-corrected chi connectivity index (χ2v) is 6.27. The van der Waals surface area contributed by atoms with Gasteiger partial charge in [-0.15, -0.1) is 11.8 Å². The van der Waals surface area contributed by atoms with Crippen LogP contribution in [-0.4, -0.2) is 16.7 Å². The highest BCUT2D eigenvalue weighted by atomic mass is 32.2. The van der Waals surface area contributed by atoms with E-state index in [0.29, 0.717) is 4.87 Å². The Kier molecular flexibility index (Phi) is 2.89. The Labute approximate surface area is 86.0 Å². The number of rotatable bonds is 1. The van der Waals surface area contributed by atoms with Crippen LogP contribution in [0.4, 0.5) is 0 Å². The molecule has 2 unspecified atom stereocenters. The largest absolute Gasteiger partial charge is 0.299 e. The number of hydrogen-bond acceptors (Lipinski definition) is 2. The summed E-state index contributed by atoms with van der Waals surface area (Å²) in [6, 6.07) is 0.719. The van der Waals surface area contributed by atoms with Crippen LogP contribution in [0.3, 0.4) is 0 Å². The van der Waals surface area contributed by atoms with Gasteiger partial charge in [0.2, 0.25) is 0 Å². The fraction of sp³-hybridized carbons (Fsp3) is 1.00. The van der Waals surface area contributed by atoms with Gasteiger partial charge in [-0.1, -0.05) is 19.3 Å². The van der Waals surface area contributed by atoms with Gasteiger partial charge in [-0.05, 0) is 32.6 Å². The Balaban J connectivity index is 1.97. The van der Waals surface area contributed by atoms with E-state index in [1.165, 1.54) is 37.9 Å². The van der Waals surface area contributed by atoms with E-state index in [0.717, 1.165) is 12.0 Å². The van der Waals surface area contributed by atoms with Crippen LogP contribution in [-0.2, 0) is 0 Å². The molecule has 0 spiro atoms. The van der Waals surface area contributed by atoms with Gasteiger partial charge in [0, 0.05) is 11.8 Å². The summed E-state index contributed by atoms with van der Waals surface area (Å²) in [6.07, 6.45) is 7.27. The zero-order chi connectivity index (χ0) is 9.31. The highest BCUT2D eigenvalue weighted by molar-refractivity contribution is 8.00. The van der Waals surface area contributed by atoms with E-state index in [-0.39, 0.29) is 0 Å². The molecule has 1 saturated heterocycles. The highest BCUT2D eigenvalue weighted by Gasteiger charge is 2.40. The third-order valence-electron chi connectivity index (χ3n) is 3.55. The fourth-order valence-electron chi connectivity index (χ4n) is 2.76. The Bertz CT molecular complexity index is 177. The molecule has 2 fully saturated rings. The van der Waals surface area contributed by atoms with E-state index in [2.05, 4.69) is 30.9 Å². The highest BCUT2D eigenvalue weighted by Crippen LogP contribution is 2.42. The first-order valence-corrected chi connectivity index (χ1v) is 6.61. The Hall–Kier alpha value is 0.310. The first-order chi connectivity index (χ1) is 6.21. The van der Waals surface area contributed by atoms with Crippen LogP contribution >= 0.6 is 11.8 Å². The lowest BCUT2D eigenvalue weighted by atomic mass is 9.84. The molecule has 1 aliphatic carbocycles. The molecule has 76 valence electrons. The fourth-order valence-corrected chi connectivity index (χ4v) is 4.20. The van der Waals surface area contributed by atoms with Crippen LogP contribution in [0.1, 0.15) is 46.0 Å². The maximum absolute atomic E-state index is 3.76. The molecule has 1 N–H and O–H groups in total. The van der Waals surface area contributed by atoms with Crippen molar-refractivity contribution in [2.75, 3.05) is 5.75 Å². The van der Waals surface area contributed by atoms with Crippen molar-refractivity contribution in [3.05, 3.63) is 0 Å². The quantitative estimate of drug-likeness (QED) is 0.697. The zero-order valence-electron chi connectivity index (χ0n) is 8.81. The minimum Gasteiger partial charge on any atom is -0.299 e. The van der Waals surface area contributed by atoms with Gasteiger partial charge in [0.15, 0.2) is 0 Å². The van der Waals surface area contributed by atoms with E-state index in [1.54, 1.807) is 0 Å². The van der Waals surface area contributed by atoms with Gasteiger partial charge in [0.1, 0.15) is 0 Å². The minimum atomic E-state index is 0.403. The molecule has 2 heteroatoms. The van der Waals surface area contributed by atoms with Crippen LogP contribution in [0, 0.1) is 5.92 Å². The Morgan fingerprint density at radius 3 is 2.46 bits per heavy atom. The van der Waals surface area contributed by atoms with Gasteiger partial charge >= 0.3 is 0 Å². The average molecular weight is 199 g/mol. The SMILES string of the molecule is CC1CSC(C)(C2CCCCC2)N1. The van der Waals surface area contributed by atoms with Crippen LogP contribution in [0.15, 0.2) is 0 Å². The molecule has 2 rings (SSSR count). The number of thioether (sulfide) groups is 1. The topological polar surface area (TPSA) is 12.0 Å². The first kappa shape index (κ1) is 9.85. The van der Waals surface area contributed by atoms with Crippen LogP contribution in [0.5, 0.6) is 0 Å². The molecule has 0 bridgehead atoms. The minimum absolute atomic E-state index is 0.403. The van der Waals surface area contributed by atoms with Gasteiger partial charge in [-0.2, -0.15) is 0 Å². The van der Waals surface area contributed by atoms with Crippen molar-refractivity contribution in [3.8, 4) is 0 Å². The molecule has 2 aliphatic rings. The Morgan fingerprint density at radius 1 is 1.23 bits per heavy atom. The van der Waals surface area contributed by atoms with Crippen molar-refractivity contribution >= 4 is 11.8 Å². The molecule has 0 aromatic carbocycles. The molecular formula is C11H21NS. The van der Waals surface area contributed by atoms with Gasteiger partial charge in [0.25, 0.3) is 0 Å². The van der Waals surface area contributed by atoms with Gasteiger partial charge in [0.05, 0.1) is 4.87 Å². The summed E-state index contributed by atoms with van der Waals surface area (Å²) < 4.78 is 0. The predicted molar refractivity (Wildman–Crippen MR) is 60.0 cm³/mol. The lowest BCUT2D eigenvalue weighted by molar-refractivity contribution is 0.256. The second-order valence-electron chi connectivity index (χ2n) is 4.80. The molecule has 1 aliphatic heterocycles. The smallest absolute Gasteiger partial charge is 0.0648 e. The van der Waals surface area contributed by atoms with E-state index in [4.69, 9.17) is 0 Å². The van der Waals surface area contributed by atoms with Crippen molar-refractivity contribution in [3.63, 3.8) is 0 Å². The van der Waals surface area contributed by atoms with Gasteiger partial charge in [-0.3, -0.25) is 5.32 Å². The molecule has 1 heterocycles. The molecular weight excluding hydrogens is 178 g/mol. The molecule has 0 aromatic heterocycles. The van der Waals surface area contributed by atoms with Crippen molar-refractivity contribution < 1.29 is 0 Å². The molecule has 0 amide bonds. The Morgan fingerprint density at radius 2 is 1.92 bits per heavy atom. The number of nitrogens with one attached hydrogen (secondary N) is 1. The van der Waals surface area contributed by atoms with Crippen LogP contribution < -0.4 is 5.32 Å². The summed E-state index contributed by atoms with van der Waals surface area (Å²) in [5.74, 6) is 2.23. The summed E-state index contributed by atoms with van der Waals surface area (Å²) >= 11 is 2.15. The molecule has 2 atom stereocenters. The van der Waals surface area contributed by atoms with E-state index in [1.807, 2.05) is 0 Å². The average Bonchev–Trinajstić information content (AvgIpc) is 2.49. The summed E-state index contributed by atoms with van der Waals surface area (Å²) in [7, 11) is 0. The van der Waals surface area contributed by atoms with E-state index < -0.39 is 0 Å². The van der Waals surface area contributed by atoms with Crippen LogP contribution in [0.2, 0.25) is 0 Å². The third-order valence-corrected chi connectivity index (χ3v) is 5.27. The third kappa shape index (κ3) is 2.04. The van der Waals surface area contributed by atoms with E-state index >= 15 is 0 Å². The molecule has 0 radical (unpaired) electrons. The second kappa shape index (κ2) is 3.82. The summed E-state index contributed by atoms with van der Waals surface area (Å²) in [6.45, 7) is 4.72. The maximum atomic E-state index is 3.76. The molecule has 1 nitrogen and oxygen atoms in total. The van der Waals surface area contributed by atoms with Crippen molar-refractivity contribution in [2.24, 2.45) is 5.92 Å².